The second kappa shape index (κ2) is 9.43. The van der Waals surface area contributed by atoms with Crippen molar-refractivity contribution in [2.45, 2.75) is 58.1 Å². The topological polar surface area (TPSA) is 173 Å². The Balaban J connectivity index is 1.77. The van der Waals surface area contributed by atoms with Crippen LogP contribution in [0.25, 0.3) is 5.76 Å². The van der Waals surface area contributed by atoms with Crippen molar-refractivity contribution in [1.29, 1.82) is 0 Å². The third kappa shape index (κ3) is 4.25. The van der Waals surface area contributed by atoms with Gasteiger partial charge < -0.3 is 31.5 Å². The number of anilines is 1. The fourth-order valence-corrected chi connectivity index (χ4v) is 6.20. The van der Waals surface area contributed by atoms with Gasteiger partial charge in [-0.15, -0.1) is 0 Å². The van der Waals surface area contributed by atoms with Crippen molar-refractivity contribution in [2.75, 3.05) is 26.0 Å². The molecule has 38 heavy (non-hydrogen) atoms. The molecule has 3 aliphatic carbocycles. The van der Waals surface area contributed by atoms with Crippen molar-refractivity contribution in [2.24, 2.45) is 23.0 Å². The van der Waals surface area contributed by atoms with Crippen LogP contribution in [0.4, 0.5) is 5.69 Å². The van der Waals surface area contributed by atoms with Crippen molar-refractivity contribution in [3.8, 4) is 5.75 Å². The number of Topliss-reactive ketones (excluding diaryl/α,β-unsaturated/α-hetero) is 2. The summed E-state index contributed by atoms with van der Waals surface area (Å²) in [7, 11) is 3.14. The second-order valence-electron chi connectivity index (χ2n) is 12.0. The maximum absolute atomic E-state index is 13.8. The molecule has 0 bridgehead atoms. The average molecular weight is 528 g/mol. The molecule has 1 aromatic carbocycles. The Kier molecular flexibility index (Phi) is 6.86. The molecular formula is C28H37N3O7. The molecule has 0 heterocycles. The average Bonchev–Trinajstić information content (AvgIpc) is 2.79. The fourth-order valence-electron chi connectivity index (χ4n) is 6.20. The van der Waals surface area contributed by atoms with E-state index >= 15 is 0 Å². The molecule has 0 spiro atoms. The fraction of sp³-hybridized carbons (Fsp3) is 0.536. The summed E-state index contributed by atoms with van der Waals surface area (Å²) in [6.07, 6.45) is 2.17. The minimum Gasteiger partial charge on any atom is -0.508 e. The first kappa shape index (κ1) is 27.7. The molecule has 0 saturated heterocycles. The standard InChI is InChI=1S/C28H37N3O7/c1-27(2,3)9-6-10-30-16-8-7-13-11-14-12-15-20(31(4)5)23(34)19(26(29)37)25(36)28(15,38)24(35)18(14)22(33)17(13)21(16)32/h7-8,14-15,20,30,32-33,36,38H,6,9-12H2,1-5H3,(H2,29,37)/t14-,15-,20-,28-/m0/s1. The highest BCUT2D eigenvalue weighted by molar-refractivity contribution is 6.24. The Labute approximate surface area is 221 Å². The predicted octanol–water partition coefficient (Wildman–Crippen LogP) is 2.20. The van der Waals surface area contributed by atoms with E-state index in [2.05, 4.69) is 26.1 Å². The molecule has 1 amide bonds. The zero-order valence-corrected chi connectivity index (χ0v) is 22.5. The number of rotatable bonds is 6. The first-order valence-corrected chi connectivity index (χ1v) is 12.8. The summed E-state index contributed by atoms with van der Waals surface area (Å²) < 4.78 is 0. The number of phenolic OH excluding ortho intramolecular Hbond substituents is 1. The van der Waals surface area contributed by atoms with E-state index in [1.807, 2.05) is 0 Å². The number of ketones is 2. The molecule has 4 rings (SSSR count). The number of nitrogens with one attached hydrogen (secondary N) is 1. The van der Waals surface area contributed by atoms with Crippen molar-refractivity contribution >= 4 is 28.9 Å². The number of nitrogens with two attached hydrogens (primary N) is 1. The van der Waals surface area contributed by atoms with E-state index in [4.69, 9.17) is 5.73 Å². The van der Waals surface area contributed by atoms with Crippen molar-refractivity contribution < 1.29 is 34.8 Å². The Bertz CT molecular complexity index is 1270. The highest BCUT2D eigenvalue weighted by Gasteiger charge is 2.64. The van der Waals surface area contributed by atoms with Gasteiger partial charge in [0.15, 0.2) is 11.4 Å². The van der Waals surface area contributed by atoms with Crippen molar-refractivity contribution in [1.82, 2.24) is 4.90 Å². The number of amides is 1. The van der Waals surface area contributed by atoms with Crippen molar-refractivity contribution in [3.05, 3.63) is 40.2 Å². The van der Waals surface area contributed by atoms with Crippen LogP contribution in [0.3, 0.4) is 0 Å². The van der Waals surface area contributed by atoms with Gasteiger partial charge in [-0.1, -0.05) is 26.8 Å². The second-order valence-corrected chi connectivity index (χ2v) is 12.0. The number of fused-ring (bicyclic) bond motifs is 3. The maximum Gasteiger partial charge on any atom is 0.255 e. The number of aromatic hydroxyl groups is 1. The molecule has 0 unspecified atom stereocenters. The molecule has 0 aromatic heterocycles. The van der Waals surface area contributed by atoms with Crippen LogP contribution < -0.4 is 11.1 Å². The SMILES string of the molecule is CN(C)[C@@H]1C(=O)C(C(N)=O)=C(O)[C@@]2(O)C(=O)C3=C(O)c4c(ccc(NCCCC(C)(C)C)c4O)C[C@H]3C[C@@H]12. The first-order valence-electron chi connectivity index (χ1n) is 12.8. The number of carbonyl (C=O) groups is 3. The van der Waals surface area contributed by atoms with E-state index in [9.17, 15) is 34.8 Å². The van der Waals surface area contributed by atoms with Gasteiger partial charge in [-0.3, -0.25) is 19.3 Å². The minimum absolute atomic E-state index is 0.0688. The zero-order chi connectivity index (χ0) is 28.3. The summed E-state index contributed by atoms with van der Waals surface area (Å²) in [4.78, 5) is 40.5. The lowest BCUT2D eigenvalue weighted by Gasteiger charge is -2.50. The van der Waals surface area contributed by atoms with E-state index in [-0.39, 0.29) is 35.1 Å². The van der Waals surface area contributed by atoms with Gasteiger partial charge in [0.1, 0.15) is 22.8 Å². The highest BCUT2D eigenvalue weighted by atomic mass is 16.3. The van der Waals surface area contributed by atoms with E-state index in [1.54, 1.807) is 26.2 Å². The van der Waals surface area contributed by atoms with E-state index in [0.717, 1.165) is 12.8 Å². The summed E-state index contributed by atoms with van der Waals surface area (Å²) in [5, 5.41) is 48.1. The van der Waals surface area contributed by atoms with Crippen LogP contribution in [0, 0.1) is 17.3 Å². The molecule has 3 aliphatic rings. The van der Waals surface area contributed by atoms with Crippen LogP contribution in [-0.2, 0) is 20.8 Å². The third-order valence-corrected chi connectivity index (χ3v) is 8.01. The third-order valence-electron chi connectivity index (χ3n) is 8.01. The van der Waals surface area contributed by atoms with Gasteiger partial charge in [0.2, 0.25) is 5.78 Å². The highest BCUT2D eigenvalue weighted by Crippen LogP contribution is 2.53. The van der Waals surface area contributed by atoms with Gasteiger partial charge in [0.05, 0.1) is 17.3 Å². The number of likely N-dealkylation sites (N-methyl/N-ethyl adjacent to an activating group) is 1. The number of hydrogen-bond donors (Lipinski definition) is 6. The number of aliphatic hydroxyl groups is 3. The van der Waals surface area contributed by atoms with Crippen LogP contribution in [0.1, 0.15) is 51.2 Å². The van der Waals surface area contributed by atoms with E-state index < -0.39 is 58.0 Å². The van der Waals surface area contributed by atoms with Crippen molar-refractivity contribution in [3.63, 3.8) is 0 Å². The van der Waals surface area contributed by atoms with Crippen LogP contribution >= 0.6 is 0 Å². The van der Waals surface area contributed by atoms with E-state index in [0.29, 0.717) is 17.8 Å². The number of carbonyl (C=O) groups excluding carboxylic acids is 3. The largest absolute Gasteiger partial charge is 0.508 e. The van der Waals surface area contributed by atoms with Crippen LogP contribution in [0.5, 0.6) is 5.75 Å². The first-order chi connectivity index (χ1) is 17.6. The maximum atomic E-state index is 13.8. The van der Waals surface area contributed by atoms with E-state index in [1.165, 1.54) is 4.90 Å². The lowest BCUT2D eigenvalue weighted by Crippen LogP contribution is -2.65. The van der Waals surface area contributed by atoms with Crippen LogP contribution in [0.15, 0.2) is 29.0 Å². The number of benzene rings is 1. The van der Waals surface area contributed by atoms with Gasteiger partial charge in [-0.25, -0.2) is 0 Å². The van der Waals surface area contributed by atoms with Crippen LogP contribution in [0.2, 0.25) is 0 Å². The quantitative estimate of drug-likeness (QED) is 0.184. The lowest BCUT2D eigenvalue weighted by atomic mass is 9.57. The molecule has 4 atom stereocenters. The van der Waals surface area contributed by atoms with Gasteiger partial charge in [0, 0.05) is 18.0 Å². The zero-order valence-electron chi connectivity index (χ0n) is 22.5. The summed E-state index contributed by atoms with van der Waals surface area (Å²) in [6.45, 7) is 7.03. The summed E-state index contributed by atoms with van der Waals surface area (Å²) in [6, 6.07) is 2.41. The number of primary amides is 1. The summed E-state index contributed by atoms with van der Waals surface area (Å²) in [5.74, 6) is -6.50. The Morgan fingerprint density at radius 2 is 1.84 bits per heavy atom. The molecule has 0 aliphatic heterocycles. The smallest absolute Gasteiger partial charge is 0.255 e. The van der Waals surface area contributed by atoms with Crippen LogP contribution in [-0.4, -0.2) is 75.1 Å². The molecule has 1 saturated carbocycles. The van der Waals surface area contributed by atoms with Gasteiger partial charge >= 0.3 is 0 Å². The molecule has 1 fully saturated rings. The molecule has 10 nitrogen and oxygen atoms in total. The normalized spacial score (nSPS) is 27.3. The molecular weight excluding hydrogens is 490 g/mol. The monoisotopic (exact) mass is 527 g/mol. The number of nitrogens with zero attached hydrogens (tertiary/aromatic N) is 1. The lowest BCUT2D eigenvalue weighted by molar-refractivity contribution is -0.153. The van der Waals surface area contributed by atoms with Gasteiger partial charge in [-0.2, -0.15) is 0 Å². The molecule has 0 radical (unpaired) electrons. The number of aliphatic hydroxyl groups excluding tert-OH is 2. The predicted molar refractivity (Wildman–Crippen MR) is 141 cm³/mol. The molecule has 7 N–H and O–H groups in total. The minimum atomic E-state index is -2.64. The summed E-state index contributed by atoms with van der Waals surface area (Å²) in [5.41, 5.74) is 3.01. The number of hydrogen-bond acceptors (Lipinski definition) is 9. The Hall–Kier alpha value is -3.37. The molecule has 206 valence electrons. The summed E-state index contributed by atoms with van der Waals surface area (Å²) >= 11 is 0. The Morgan fingerprint density at radius 3 is 2.42 bits per heavy atom. The molecule has 10 heteroatoms. The Morgan fingerprint density at radius 1 is 1.18 bits per heavy atom. The van der Waals surface area contributed by atoms with Gasteiger partial charge in [-0.05, 0) is 62.7 Å². The molecule has 1 aromatic rings. The van der Waals surface area contributed by atoms with Gasteiger partial charge in [0.25, 0.3) is 5.91 Å². The number of phenols is 1.